The average molecular weight is 337 g/mol. The number of hydrogen-bond donors (Lipinski definition) is 0. The van der Waals surface area contributed by atoms with E-state index in [-0.39, 0.29) is 0 Å². The Morgan fingerprint density at radius 2 is 1.64 bits per heavy atom. The molecule has 25 heavy (non-hydrogen) atoms. The highest BCUT2D eigenvalue weighted by molar-refractivity contribution is 7.22. The highest BCUT2D eigenvalue weighted by atomic mass is 32.1. The van der Waals surface area contributed by atoms with Crippen LogP contribution < -0.4 is 0 Å². The van der Waals surface area contributed by atoms with E-state index >= 15 is 0 Å². The van der Waals surface area contributed by atoms with Gasteiger partial charge in [0.15, 0.2) is 0 Å². The van der Waals surface area contributed by atoms with Gasteiger partial charge in [-0.3, -0.25) is 0 Å². The summed E-state index contributed by atoms with van der Waals surface area (Å²) in [7, 11) is 0. The first-order valence-corrected chi connectivity index (χ1v) is 8.72. The lowest BCUT2D eigenvalue weighted by Gasteiger charge is -2.07. The first kappa shape index (κ1) is 14.1. The zero-order valence-corrected chi connectivity index (χ0v) is 13.9. The van der Waals surface area contributed by atoms with Crippen LogP contribution >= 0.6 is 11.3 Å². The van der Waals surface area contributed by atoms with Gasteiger partial charge in [-0.15, -0.1) is 11.3 Å². The van der Waals surface area contributed by atoms with Crippen molar-refractivity contribution in [2.45, 2.75) is 0 Å². The van der Waals surface area contributed by atoms with Gasteiger partial charge in [0.05, 0.1) is 21.7 Å². The lowest BCUT2D eigenvalue weighted by molar-refractivity contribution is 1.23. The third-order valence-corrected chi connectivity index (χ3v) is 5.54. The molecule has 0 aliphatic heterocycles. The Balaban J connectivity index is 1.90. The molecule has 116 valence electrons. The lowest BCUT2D eigenvalue weighted by atomic mass is 10.00. The van der Waals surface area contributed by atoms with Gasteiger partial charge in [-0.25, -0.2) is 9.97 Å². The SMILES string of the molecule is N#Cc1c2ccccc2cc2c(-c3cc4ccccc4s3)ncnc12. The normalized spacial score (nSPS) is 11.2. The van der Waals surface area contributed by atoms with E-state index in [1.165, 1.54) is 10.1 Å². The van der Waals surface area contributed by atoms with Crippen molar-refractivity contribution < 1.29 is 0 Å². The Morgan fingerprint density at radius 1 is 0.840 bits per heavy atom. The molecule has 0 bridgehead atoms. The van der Waals surface area contributed by atoms with Crippen molar-refractivity contribution in [3.8, 4) is 16.6 Å². The number of hydrogen-bond acceptors (Lipinski definition) is 4. The average Bonchev–Trinajstić information content (AvgIpc) is 3.09. The quantitative estimate of drug-likeness (QED) is 0.378. The topological polar surface area (TPSA) is 49.6 Å². The van der Waals surface area contributed by atoms with Crippen molar-refractivity contribution in [3.63, 3.8) is 0 Å². The van der Waals surface area contributed by atoms with Crippen LogP contribution in [0.15, 0.2) is 67.0 Å². The molecular weight excluding hydrogens is 326 g/mol. The van der Waals surface area contributed by atoms with Crippen molar-refractivity contribution in [2.75, 3.05) is 0 Å². The van der Waals surface area contributed by atoms with E-state index in [0.29, 0.717) is 11.1 Å². The number of benzene rings is 3. The lowest BCUT2D eigenvalue weighted by Crippen LogP contribution is -1.92. The van der Waals surface area contributed by atoms with Crippen LogP contribution in [0.2, 0.25) is 0 Å². The van der Waals surface area contributed by atoms with Gasteiger partial charge >= 0.3 is 0 Å². The summed E-state index contributed by atoms with van der Waals surface area (Å²) in [6, 6.07) is 22.8. The van der Waals surface area contributed by atoms with Crippen LogP contribution in [-0.4, -0.2) is 9.97 Å². The molecule has 0 amide bonds. The van der Waals surface area contributed by atoms with Crippen LogP contribution in [0.5, 0.6) is 0 Å². The monoisotopic (exact) mass is 337 g/mol. The molecule has 5 rings (SSSR count). The van der Waals surface area contributed by atoms with Crippen molar-refractivity contribution in [1.29, 1.82) is 5.26 Å². The van der Waals surface area contributed by atoms with Gasteiger partial charge in [0, 0.05) is 15.5 Å². The van der Waals surface area contributed by atoms with Gasteiger partial charge in [-0.05, 0) is 29.0 Å². The molecule has 2 aromatic heterocycles. The fraction of sp³-hybridized carbons (Fsp3) is 0. The third-order valence-electron chi connectivity index (χ3n) is 4.42. The standard InChI is InChI=1S/C21H11N3S/c22-11-17-15-7-3-1-5-13(15)9-16-20(17)23-12-24-21(16)19-10-14-6-2-4-8-18(14)25-19/h1-10,12H. The Morgan fingerprint density at radius 3 is 2.48 bits per heavy atom. The molecule has 0 unspecified atom stereocenters. The summed E-state index contributed by atoms with van der Waals surface area (Å²) in [5.41, 5.74) is 2.20. The summed E-state index contributed by atoms with van der Waals surface area (Å²) in [6.07, 6.45) is 1.55. The second kappa shape index (κ2) is 5.37. The third kappa shape index (κ3) is 2.10. The summed E-state index contributed by atoms with van der Waals surface area (Å²) < 4.78 is 1.23. The molecule has 0 fully saturated rings. The fourth-order valence-corrected chi connectivity index (χ4v) is 4.35. The fourth-order valence-electron chi connectivity index (χ4n) is 3.27. The highest BCUT2D eigenvalue weighted by Gasteiger charge is 2.14. The first-order valence-electron chi connectivity index (χ1n) is 7.90. The number of fused-ring (bicyclic) bond motifs is 3. The summed E-state index contributed by atoms with van der Waals surface area (Å²) >= 11 is 1.71. The van der Waals surface area contributed by atoms with Crippen LogP contribution in [0.25, 0.3) is 42.3 Å². The second-order valence-corrected chi connectivity index (χ2v) is 6.94. The molecule has 5 aromatic rings. The van der Waals surface area contributed by atoms with Crippen molar-refractivity contribution in [1.82, 2.24) is 9.97 Å². The summed E-state index contributed by atoms with van der Waals surface area (Å²) in [5, 5.41) is 13.8. The van der Waals surface area contributed by atoms with Gasteiger partial charge in [-0.2, -0.15) is 5.26 Å². The minimum atomic E-state index is 0.609. The van der Waals surface area contributed by atoms with E-state index in [2.05, 4.69) is 40.3 Å². The molecule has 3 aromatic carbocycles. The van der Waals surface area contributed by atoms with Crippen LogP contribution in [0, 0.1) is 11.3 Å². The summed E-state index contributed by atoms with van der Waals surface area (Å²) in [6.45, 7) is 0. The highest BCUT2D eigenvalue weighted by Crippen LogP contribution is 2.37. The van der Waals surface area contributed by atoms with E-state index in [1.54, 1.807) is 17.7 Å². The maximum Gasteiger partial charge on any atom is 0.116 e. The van der Waals surface area contributed by atoms with Crippen LogP contribution in [-0.2, 0) is 0 Å². The molecule has 2 heterocycles. The molecule has 0 radical (unpaired) electrons. The zero-order valence-electron chi connectivity index (χ0n) is 13.1. The molecular formula is C21H11N3S. The van der Waals surface area contributed by atoms with E-state index in [4.69, 9.17) is 0 Å². The molecule has 0 aliphatic rings. The van der Waals surface area contributed by atoms with E-state index in [9.17, 15) is 5.26 Å². The van der Waals surface area contributed by atoms with E-state index in [0.717, 1.165) is 26.7 Å². The Bertz CT molecular complexity index is 1280. The van der Waals surface area contributed by atoms with Gasteiger partial charge in [-0.1, -0.05) is 42.5 Å². The van der Waals surface area contributed by atoms with Crippen LogP contribution in [0.4, 0.5) is 0 Å². The molecule has 0 aliphatic carbocycles. The van der Waals surface area contributed by atoms with Crippen molar-refractivity contribution >= 4 is 43.1 Å². The number of nitrogens with zero attached hydrogens (tertiary/aromatic N) is 3. The second-order valence-electron chi connectivity index (χ2n) is 5.85. The predicted molar refractivity (Wildman–Crippen MR) is 103 cm³/mol. The summed E-state index contributed by atoms with van der Waals surface area (Å²) in [5.74, 6) is 0. The minimum absolute atomic E-state index is 0.609. The Kier molecular flexibility index (Phi) is 3.03. The van der Waals surface area contributed by atoms with Gasteiger partial charge in [0.25, 0.3) is 0 Å². The smallest absolute Gasteiger partial charge is 0.116 e. The largest absolute Gasteiger partial charge is 0.235 e. The Labute approximate surface area is 147 Å². The molecule has 0 saturated heterocycles. The number of rotatable bonds is 1. The number of thiophene rings is 1. The first-order chi connectivity index (χ1) is 12.3. The number of aromatic nitrogens is 2. The van der Waals surface area contributed by atoms with E-state index in [1.807, 2.05) is 36.4 Å². The minimum Gasteiger partial charge on any atom is -0.235 e. The van der Waals surface area contributed by atoms with Crippen molar-refractivity contribution in [3.05, 3.63) is 72.6 Å². The molecule has 0 spiro atoms. The van der Waals surface area contributed by atoms with Gasteiger partial charge in [0.2, 0.25) is 0 Å². The molecule has 0 N–H and O–H groups in total. The zero-order chi connectivity index (χ0) is 16.8. The predicted octanol–water partition coefficient (Wildman–Crippen LogP) is 5.54. The van der Waals surface area contributed by atoms with Gasteiger partial charge < -0.3 is 0 Å². The maximum atomic E-state index is 9.70. The molecule has 4 heteroatoms. The van der Waals surface area contributed by atoms with E-state index < -0.39 is 0 Å². The molecule has 0 saturated carbocycles. The van der Waals surface area contributed by atoms with Gasteiger partial charge in [0.1, 0.15) is 12.4 Å². The Hall–Kier alpha value is -3.29. The van der Waals surface area contributed by atoms with Crippen LogP contribution in [0.3, 0.4) is 0 Å². The van der Waals surface area contributed by atoms with Crippen molar-refractivity contribution in [2.24, 2.45) is 0 Å². The maximum absolute atomic E-state index is 9.70. The summed E-state index contributed by atoms with van der Waals surface area (Å²) in [4.78, 5) is 10.0. The molecule has 3 nitrogen and oxygen atoms in total. The molecule has 0 atom stereocenters. The number of nitriles is 1. The van der Waals surface area contributed by atoms with Crippen LogP contribution in [0.1, 0.15) is 5.56 Å².